The summed E-state index contributed by atoms with van der Waals surface area (Å²) in [5.74, 6) is 0. The summed E-state index contributed by atoms with van der Waals surface area (Å²) >= 11 is -0.847. The fourth-order valence-corrected chi connectivity index (χ4v) is 1.63. The molecule has 0 amide bonds. The van der Waals surface area contributed by atoms with Crippen LogP contribution in [0.1, 0.15) is 11.1 Å². The van der Waals surface area contributed by atoms with Crippen LogP contribution in [0.2, 0.25) is 0 Å². The summed E-state index contributed by atoms with van der Waals surface area (Å²) in [7, 11) is 0. The van der Waals surface area contributed by atoms with Gasteiger partial charge in [-0.15, -0.1) is 0 Å². The molecule has 52 valence electrons. The van der Waals surface area contributed by atoms with E-state index in [-0.39, 0.29) is 0 Å². The van der Waals surface area contributed by atoms with Gasteiger partial charge in [-0.3, -0.25) is 0 Å². The zero-order valence-electron chi connectivity index (χ0n) is 6.09. The van der Waals surface area contributed by atoms with Gasteiger partial charge in [0.15, 0.2) is 0 Å². The second-order valence-corrected chi connectivity index (χ2v) is 3.78. The molecule has 0 atom stereocenters. The van der Waals surface area contributed by atoms with Gasteiger partial charge in [0.1, 0.15) is 0 Å². The Morgan fingerprint density at radius 2 is 2.00 bits per heavy atom. The molecular weight excluding hydrogens is 187 g/mol. The topological polar surface area (TPSA) is 17.1 Å². The first-order valence-corrected chi connectivity index (χ1v) is 4.85. The maximum absolute atomic E-state index is 10.6. The third-order valence-electron chi connectivity index (χ3n) is 1.45. The second kappa shape index (κ2) is 3.11. The molecule has 0 aliphatic carbocycles. The van der Waals surface area contributed by atoms with Gasteiger partial charge >= 0.3 is 67.0 Å². The normalized spacial score (nSPS) is 10.2. The molecule has 0 unspecified atom stereocenters. The van der Waals surface area contributed by atoms with Crippen LogP contribution >= 0.6 is 0 Å². The van der Waals surface area contributed by atoms with Crippen molar-refractivity contribution in [3.8, 4) is 0 Å². The van der Waals surface area contributed by atoms with Gasteiger partial charge in [-0.1, -0.05) is 0 Å². The molecule has 10 heavy (non-hydrogen) atoms. The molecule has 0 radical (unpaired) electrons. The molecule has 0 saturated heterocycles. The molecule has 1 nitrogen and oxygen atoms in total. The Hall–Kier alpha value is -0.422. The number of hydrogen-bond acceptors (Lipinski definition) is 1. The van der Waals surface area contributed by atoms with E-state index in [9.17, 15) is 3.74 Å². The molecule has 0 N–H and O–H groups in total. The molecule has 0 aliphatic heterocycles. The van der Waals surface area contributed by atoms with Gasteiger partial charge in [-0.2, -0.15) is 0 Å². The predicted molar refractivity (Wildman–Crippen MR) is 42.0 cm³/mol. The Balaban J connectivity index is 3.19. The fourth-order valence-electron chi connectivity index (χ4n) is 0.908. The van der Waals surface area contributed by atoms with Gasteiger partial charge < -0.3 is 0 Å². The van der Waals surface area contributed by atoms with Gasteiger partial charge in [-0.05, 0) is 0 Å². The van der Waals surface area contributed by atoms with E-state index in [0.29, 0.717) is 0 Å². The molecule has 1 aromatic carbocycles. The third kappa shape index (κ3) is 1.54. The van der Waals surface area contributed by atoms with Crippen molar-refractivity contribution in [1.29, 1.82) is 0 Å². The summed E-state index contributed by atoms with van der Waals surface area (Å²) in [6.07, 6.45) is 0. The second-order valence-electron chi connectivity index (χ2n) is 2.38. The molecule has 2 heteroatoms. The minimum atomic E-state index is -0.847. The van der Waals surface area contributed by atoms with Crippen LogP contribution < -0.4 is 4.35 Å². The summed E-state index contributed by atoms with van der Waals surface area (Å²) < 4.78 is 11.6. The molecule has 0 aromatic heterocycles. The molecule has 0 aliphatic rings. The molecule has 1 aromatic rings. The van der Waals surface area contributed by atoms with Crippen LogP contribution in [0.4, 0.5) is 0 Å². The van der Waals surface area contributed by atoms with E-state index in [2.05, 4.69) is 6.07 Å². The van der Waals surface area contributed by atoms with E-state index in [1.165, 1.54) is 5.56 Å². The van der Waals surface area contributed by atoms with Gasteiger partial charge in [0.2, 0.25) is 0 Å². The van der Waals surface area contributed by atoms with E-state index >= 15 is 0 Å². The van der Waals surface area contributed by atoms with Crippen molar-refractivity contribution in [3.63, 3.8) is 0 Å². The zero-order chi connectivity index (χ0) is 7.56. The molecule has 1 rings (SSSR count). The van der Waals surface area contributed by atoms with Crippen LogP contribution in [0.5, 0.6) is 0 Å². The van der Waals surface area contributed by atoms with E-state index < -0.39 is 15.7 Å². The van der Waals surface area contributed by atoms with Gasteiger partial charge in [0.25, 0.3) is 0 Å². The van der Waals surface area contributed by atoms with Crippen molar-refractivity contribution in [2.75, 3.05) is 0 Å². The van der Waals surface area contributed by atoms with Crippen LogP contribution in [0.15, 0.2) is 18.2 Å². The summed E-state index contributed by atoms with van der Waals surface area (Å²) in [6.45, 7) is 4.04. The first-order chi connectivity index (χ1) is 4.74. The third-order valence-corrected chi connectivity index (χ3v) is 2.92. The van der Waals surface area contributed by atoms with Crippen molar-refractivity contribution in [2.45, 2.75) is 13.8 Å². The summed E-state index contributed by atoms with van der Waals surface area (Å²) in [6, 6.07) is 6.00. The average molecular weight is 196 g/mol. The maximum atomic E-state index is 10.6. The molecule has 0 bridgehead atoms. The first kappa shape index (κ1) is 7.68. The summed E-state index contributed by atoms with van der Waals surface area (Å²) in [5, 5.41) is 0. The van der Waals surface area contributed by atoms with Crippen LogP contribution in [-0.4, -0.2) is 15.7 Å². The predicted octanol–water partition coefficient (Wildman–Crippen LogP) is 0.978. The van der Waals surface area contributed by atoms with Crippen molar-refractivity contribution in [2.24, 2.45) is 0 Å². The summed E-state index contributed by atoms with van der Waals surface area (Å²) in [4.78, 5) is 0. The van der Waals surface area contributed by atoms with Crippen molar-refractivity contribution in [1.82, 2.24) is 0 Å². The number of rotatable bonds is 1. The van der Waals surface area contributed by atoms with E-state index in [1.54, 1.807) is 0 Å². The van der Waals surface area contributed by atoms with Crippen LogP contribution in [0.25, 0.3) is 0 Å². The van der Waals surface area contributed by atoms with Gasteiger partial charge in [0.05, 0.1) is 0 Å². The van der Waals surface area contributed by atoms with Gasteiger partial charge in [-0.25, -0.2) is 0 Å². The number of benzene rings is 1. The SMILES string of the molecule is Cc1ccc([As]=O)c(C)c1. The van der Waals surface area contributed by atoms with E-state index in [4.69, 9.17) is 0 Å². The Kier molecular flexibility index (Phi) is 2.39. The molecule has 0 saturated carbocycles. The number of aryl methyl sites for hydroxylation is 2. The van der Waals surface area contributed by atoms with Crippen LogP contribution in [0, 0.1) is 13.8 Å². The van der Waals surface area contributed by atoms with Crippen molar-refractivity contribution in [3.05, 3.63) is 29.3 Å². The summed E-state index contributed by atoms with van der Waals surface area (Å²) in [5.41, 5.74) is 2.38. The van der Waals surface area contributed by atoms with Crippen LogP contribution in [0.3, 0.4) is 0 Å². The zero-order valence-corrected chi connectivity index (χ0v) is 7.96. The standard InChI is InChI=1S/C8H9AsO/c1-6-3-4-8(9-10)7(2)5-6/h3-5H,1-2H3. The quantitative estimate of drug-likeness (QED) is 0.612. The fraction of sp³-hybridized carbons (Fsp3) is 0.250. The Bertz CT molecular complexity index is 255. The minimum absolute atomic E-state index is 0.847. The molecule has 0 fully saturated rings. The Morgan fingerprint density at radius 3 is 2.50 bits per heavy atom. The van der Waals surface area contributed by atoms with E-state index in [0.717, 1.165) is 9.91 Å². The van der Waals surface area contributed by atoms with Crippen molar-refractivity contribution < 1.29 is 3.74 Å². The first-order valence-electron chi connectivity index (χ1n) is 3.14. The van der Waals surface area contributed by atoms with Crippen LogP contribution in [-0.2, 0) is 3.74 Å². The molecular formula is C8H9AsO. The monoisotopic (exact) mass is 196 g/mol. The average Bonchev–Trinajstić information content (AvgIpc) is 1.88. The molecule has 0 heterocycles. The Labute approximate surface area is 67.4 Å². The Morgan fingerprint density at radius 1 is 1.30 bits per heavy atom. The van der Waals surface area contributed by atoms with E-state index in [1.807, 2.05) is 26.0 Å². The number of hydrogen-bond donors (Lipinski definition) is 0. The van der Waals surface area contributed by atoms with Gasteiger partial charge in [0, 0.05) is 0 Å². The molecule has 0 spiro atoms. The van der Waals surface area contributed by atoms with Crippen molar-refractivity contribution >= 4 is 20.0 Å².